The molecule has 3 aromatic heterocycles. The van der Waals surface area contributed by atoms with E-state index in [1.807, 2.05) is 0 Å². The molecule has 0 fully saturated rings. The molecule has 1 amide bonds. The van der Waals surface area contributed by atoms with Gasteiger partial charge in [-0.25, -0.2) is 18.7 Å². The monoisotopic (exact) mass is 427 g/mol. The average molecular weight is 427 g/mol. The molecule has 3 heterocycles. The first-order valence-electron chi connectivity index (χ1n) is 8.51. The Kier molecular flexibility index (Phi) is 4.33. The van der Waals surface area contributed by atoms with E-state index in [1.54, 1.807) is 35.8 Å². The molecule has 0 aliphatic heterocycles. The molecule has 144 valence electrons. The van der Waals surface area contributed by atoms with E-state index in [-0.39, 0.29) is 23.1 Å². The molecule has 2 aromatic carbocycles. The number of carbonyl (C=O) groups is 1. The number of aromatic nitrogens is 2. The van der Waals surface area contributed by atoms with Crippen molar-refractivity contribution in [3.05, 3.63) is 77.2 Å². The van der Waals surface area contributed by atoms with Crippen LogP contribution in [0.15, 0.2) is 58.7 Å². The highest BCUT2D eigenvalue weighted by Gasteiger charge is 2.24. The van der Waals surface area contributed by atoms with E-state index in [0.717, 1.165) is 27.6 Å². The average Bonchev–Trinajstić information content (AvgIpc) is 3.44. The quantitative estimate of drug-likeness (QED) is 0.373. The highest BCUT2D eigenvalue weighted by molar-refractivity contribution is 7.22. The molecule has 0 bridgehead atoms. The summed E-state index contributed by atoms with van der Waals surface area (Å²) in [7, 11) is 0. The summed E-state index contributed by atoms with van der Waals surface area (Å²) in [6, 6.07) is 10.7. The van der Waals surface area contributed by atoms with Gasteiger partial charge in [-0.3, -0.25) is 9.69 Å². The Labute approximate surface area is 170 Å². The number of thiazole rings is 2. The number of anilines is 1. The molecule has 0 aliphatic carbocycles. The molecule has 5 aromatic rings. The summed E-state index contributed by atoms with van der Waals surface area (Å²) in [5.74, 6) is -1.23. The summed E-state index contributed by atoms with van der Waals surface area (Å²) in [4.78, 5) is 23.2. The van der Waals surface area contributed by atoms with Gasteiger partial charge in [-0.05, 0) is 36.4 Å². The van der Waals surface area contributed by atoms with E-state index >= 15 is 0 Å². The molecular weight excluding hydrogens is 416 g/mol. The van der Waals surface area contributed by atoms with Crippen LogP contribution in [0, 0.1) is 11.6 Å². The van der Waals surface area contributed by atoms with Crippen molar-refractivity contribution < 1.29 is 18.0 Å². The molecule has 0 unspecified atom stereocenters. The minimum Gasteiger partial charge on any atom is -0.467 e. The van der Waals surface area contributed by atoms with Gasteiger partial charge in [-0.15, -0.1) is 11.3 Å². The molecule has 0 saturated carbocycles. The Bertz CT molecular complexity index is 1340. The van der Waals surface area contributed by atoms with E-state index in [2.05, 4.69) is 9.97 Å². The minimum atomic E-state index is -0.765. The molecule has 0 aliphatic rings. The molecule has 0 N–H and O–H groups in total. The predicted octanol–water partition coefficient (Wildman–Crippen LogP) is 5.62. The highest BCUT2D eigenvalue weighted by Crippen LogP contribution is 2.33. The summed E-state index contributed by atoms with van der Waals surface area (Å²) in [6.45, 7) is 0.108. The zero-order chi connectivity index (χ0) is 20.0. The first-order valence-corrected chi connectivity index (χ1v) is 10.2. The normalized spacial score (nSPS) is 11.4. The summed E-state index contributed by atoms with van der Waals surface area (Å²) in [6.07, 6.45) is 1.51. The lowest BCUT2D eigenvalue weighted by molar-refractivity contribution is 0.0983. The molecule has 0 saturated heterocycles. The smallest absolute Gasteiger partial charge is 0.260 e. The van der Waals surface area contributed by atoms with Gasteiger partial charge in [0.2, 0.25) is 0 Å². The molecule has 0 spiro atoms. The van der Waals surface area contributed by atoms with E-state index < -0.39 is 11.6 Å². The first-order chi connectivity index (χ1) is 14.1. The van der Waals surface area contributed by atoms with Gasteiger partial charge in [0, 0.05) is 11.6 Å². The summed E-state index contributed by atoms with van der Waals surface area (Å²) in [5.41, 5.74) is 2.99. The van der Waals surface area contributed by atoms with Crippen LogP contribution < -0.4 is 4.90 Å². The fourth-order valence-corrected chi connectivity index (χ4v) is 4.71. The minimum absolute atomic E-state index is 0.0292. The predicted molar refractivity (Wildman–Crippen MR) is 108 cm³/mol. The van der Waals surface area contributed by atoms with E-state index in [4.69, 9.17) is 4.42 Å². The SMILES string of the molecule is O=C(c1ccc2ncsc2c1)N(Cc1ccco1)c1nc2c(F)cc(F)cc2s1. The lowest BCUT2D eigenvalue weighted by Gasteiger charge is -2.18. The van der Waals surface area contributed by atoms with Crippen LogP contribution in [-0.4, -0.2) is 15.9 Å². The third kappa shape index (κ3) is 3.28. The topological polar surface area (TPSA) is 59.2 Å². The Morgan fingerprint density at radius 2 is 2.03 bits per heavy atom. The van der Waals surface area contributed by atoms with Crippen molar-refractivity contribution in [2.75, 3.05) is 4.90 Å². The number of carbonyl (C=O) groups excluding carboxylic acids is 1. The van der Waals surface area contributed by atoms with E-state index in [9.17, 15) is 13.6 Å². The number of furan rings is 1. The largest absolute Gasteiger partial charge is 0.467 e. The van der Waals surface area contributed by atoms with Gasteiger partial charge in [0.25, 0.3) is 5.91 Å². The lowest BCUT2D eigenvalue weighted by atomic mass is 10.2. The van der Waals surface area contributed by atoms with Gasteiger partial charge in [-0.2, -0.15) is 0 Å². The second kappa shape index (κ2) is 7.02. The molecule has 0 atom stereocenters. The maximum Gasteiger partial charge on any atom is 0.260 e. The highest BCUT2D eigenvalue weighted by atomic mass is 32.1. The van der Waals surface area contributed by atoms with Gasteiger partial charge in [0.15, 0.2) is 10.9 Å². The molecule has 5 rings (SSSR count). The van der Waals surface area contributed by atoms with E-state index in [0.29, 0.717) is 16.0 Å². The number of fused-ring (bicyclic) bond motifs is 2. The van der Waals surface area contributed by atoms with Crippen LogP contribution in [0.4, 0.5) is 13.9 Å². The van der Waals surface area contributed by atoms with Crippen molar-refractivity contribution in [2.45, 2.75) is 6.54 Å². The number of nitrogens with zero attached hydrogens (tertiary/aromatic N) is 3. The van der Waals surface area contributed by atoms with Gasteiger partial charge >= 0.3 is 0 Å². The first kappa shape index (κ1) is 17.9. The van der Waals surface area contributed by atoms with Crippen molar-refractivity contribution in [1.29, 1.82) is 0 Å². The number of hydrogen-bond donors (Lipinski definition) is 0. The van der Waals surface area contributed by atoms with Crippen LogP contribution in [-0.2, 0) is 6.54 Å². The van der Waals surface area contributed by atoms with Crippen LogP contribution in [0.5, 0.6) is 0 Å². The molecule has 0 radical (unpaired) electrons. The Balaban J connectivity index is 1.60. The Hall–Kier alpha value is -3.17. The fourth-order valence-electron chi connectivity index (χ4n) is 2.99. The zero-order valence-electron chi connectivity index (χ0n) is 14.6. The van der Waals surface area contributed by atoms with Crippen LogP contribution in [0.25, 0.3) is 20.4 Å². The summed E-state index contributed by atoms with van der Waals surface area (Å²) in [5, 5.41) is 0.260. The van der Waals surface area contributed by atoms with Crippen molar-refractivity contribution in [2.24, 2.45) is 0 Å². The standard InChI is InChI=1S/C20H11F2N3O2S2/c21-12-7-14(22)18-17(8-12)29-20(24-18)25(9-13-2-1-5-27-13)19(26)11-3-4-15-16(6-11)28-10-23-15/h1-8,10H,9H2. The van der Waals surface area contributed by atoms with Gasteiger partial charge in [0.1, 0.15) is 17.1 Å². The van der Waals surface area contributed by atoms with Crippen molar-refractivity contribution >= 4 is 54.1 Å². The second-order valence-corrected chi connectivity index (χ2v) is 8.13. The number of rotatable bonds is 4. The lowest BCUT2D eigenvalue weighted by Crippen LogP contribution is -2.30. The number of benzene rings is 2. The zero-order valence-corrected chi connectivity index (χ0v) is 16.3. The van der Waals surface area contributed by atoms with E-state index in [1.165, 1.54) is 28.6 Å². The second-order valence-electron chi connectivity index (χ2n) is 6.24. The number of halogens is 2. The summed E-state index contributed by atoms with van der Waals surface area (Å²) < 4.78 is 34.3. The van der Waals surface area contributed by atoms with Crippen LogP contribution in [0.2, 0.25) is 0 Å². The number of hydrogen-bond acceptors (Lipinski definition) is 6. The fraction of sp³-hybridized carbons (Fsp3) is 0.0500. The van der Waals surface area contributed by atoms with Crippen LogP contribution >= 0.6 is 22.7 Å². The molecule has 9 heteroatoms. The molecular formula is C20H11F2N3O2S2. The third-order valence-corrected chi connectivity index (χ3v) is 6.17. The van der Waals surface area contributed by atoms with Crippen LogP contribution in [0.1, 0.15) is 16.1 Å². The third-order valence-electron chi connectivity index (χ3n) is 4.35. The summed E-state index contributed by atoms with van der Waals surface area (Å²) >= 11 is 2.48. The van der Waals surface area contributed by atoms with Gasteiger partial charge in [-0.1, -0.05) is 11.3 Å². The van der Waals surface area contributed by atoms with Gasteiger partial charge < -0.3 is 4.42 Å². The van der Waals surface area contributed by atoms with Crippen LogP contribution in [0.3, 0.4) is 0 Å². The van der Waals surface area contributed by atoms with Crippen molar-refractivity contribution in [1.82, 2.24) is 9.97 Å². The Morgan fingerprint density at radius 3 is 2.86 bits per heavy atom. The maximum absolute atomic E-state index is 14.1. The van der Waals surface area contributed by atoms with Crippen molar-refractivity contribution in [3.63, 3.8) is 0 Å². The number of amides is 1. The maximum atomic E-state index is 14.1. The van der Waals surface area contributed by atoms with Gasteiger partial charge in [0.05, 0.1) is 33.2 Å². The molecule has 5 nitrogen and oxygen atoms in total. The van der Waals surface area contributed by atoms with Crippen molar-refractivity contribution in [3.8, 4) is 0 Å². The molecule has 29 heavy (non-hydrogen) atoms. The Morgan fingerprint density at radius 1 is 1.14 bits per heavy atom.